The quantitative estimate of drug-likeness (QED) is 0.217. The fraction of sp³-hybridized carbons (Fsp3) is 0.400. The van der Waals surface area contributed by atoms with Gasteiger partial charge in [0.2, 0.25) is 5.88 Å². The number of nitriles is 1. The summed E-state index contributed by atoms with van der Waals surface area (Å²) in [4.78, 5) is 15.3. The molecule has 0 atom stereocenters. The van der Waals surface area contributed by atoms with Crippen molar-refractivity contribution in [3.05, 3.63) is 86.6 Å². The predicted molar refractivity (Wildman–Crippen MR) is 146 cm³/mol. The second-order valence-corrected chi connectivity index (χ2v) is 11.1. The van der Waals surface area contributed by atoms with Crippen molar-refractivity contribution in [3.63, 3.8) is 0 Å². The van der Waals surface area contributed by atoms with Crippen LogP contribution in [0.4, 0.5) is 17.6 Å². The van der Waals surface area contributed by atoms with Gasteiger partial charge in [-0.05, 0) is 68.0 Å². The van der Waals surface area contributed by atoms with E-state index in [2.05, 4.69) is 20.9 Å². The largest absolute Gasteiger partial charge is 0.472 e. The zero-order valence-electron chi connectivity index (χ0n) is 22.7. The van der Waals surface area contributed by atoms with Gasteiger partial charge < -0.3 is 4.74 Å². The van der Waals surface area contributed by atoms with Gasteiger partial charge in [-0.2, -0.15) is 18.4 Å². The highest BCUT2D eigenvalue weighted by Gasteiger charge is 2.43. The number of hydrogen-bond acceptors (Lipinski definition) is 6. The van der Waals surface area contributed by atoms with Crippen LogP contribution >= 0.6 is 11.6 Å². The number of fused-ring (bicyclic) bond motifs is 1. The Labute approximate surface area is 240 Å². The summed E-state index contributed by atoms with van der Waals surface area (Å²) >= 11 is 5.78. The first-order valence-electron chi connectivity index (χ1n) is 13.2. The van der Waals surface area contributed by atoms with Gasteiger partial charge in [0, 0.05) is 54.7 Å². The number of nitrogens with zero attached hydrogens (tertiary/aromatic N) is 5. The molecule has 0 spiro atoms. The maximum atomic E-state index is 14.2. The van der Waals surface area contributed by atoms with E-state index in [0.717, 1.165) is 47.5 Å². The fourth-order valence-electron chi connectivity index (χ4n) is 4.95. The van der Waals surface area contributed by atoms with Crippen molar-refractivity contribution in [3.8, 4) is 11.9 Å². The van der Waals surface area contributed by atoms with Crippen LogP contribution < -0.4 is 4.74 Å². The third-order valence-corrected chi connectivity index (χ3v) is 7.95. The molecule has 3 heterocycles. The van der Waals surface area contributed by atoms with Crippen molar-refractivity contribution in [2.24, 2.45) is 10.4 Å². The lowest BCUT2D eigenvalue weighted by atomic mass is 9.94. The van der Waals surface area contributed by atoms with Crippen LogP contribution in [0.15, 0.2) is 41.5 Å². The molecule has 2 aromatic heterocycles. The van der Waals surface area contributed by atoms with Crippen LogP contribution in [0.1, 0.15) is 59.0 Å². The molecule has 0 N–H and O–H groups in total. The molecule has 11 heteroatoms. The lowest BCUT2D eigenvalue weighted by molar-refractivity contribution is -0.139. The first-order valence-corrected chi connectivity index (χ1v) is 13.6. The van der Waals surface area contributed by atoms with Crippen LogP contribution in [0.2, 0.25) is 5.02 Å². The highest BCUT2D eigenvalue weighted by Crippen LogP contribution is 2.48. The van der Waals surface area contributed by atoms with Gasteiger partial charge in [0.05, 0.1) is 22.9 Å². The molecular weight excluding hydrogens is 558 g/mol. The Morgan fingerprint density at radius 2 is 2.00 bits per heavy atom. The molecule has 6 nitrogen and oxygen atoms in total. The van der Waals surface area contributed by atoms with E-state index in [9.17, 15) is 22.8 Å². The Hall–Kier alpha value is -3.55. The minimum absolute atomic E-state index is 0.0693. The van der Waals surface area contributed by atoms with E-state index in [0.29, 0.717) is 43.7 Å². The van der Waals surface area contributed by atoms with Crippen LogP contribution in [0.3, 0.4) is 0 Å². The first-order chi connectivity index (χ1) is 19.5. The molecule has 1 saturated carbocycles. The average Bonchev–Trinajstić information content (AvgIpc) is 3.71. The summed E-state index contributed by atoms with van der Waals surface area (Å²) in [5.74, 6) is -1.26. The summed E-state index contributed by atoms with van der Waals surface area (Å²) in [5, 5.41) is 9.86. The van der Waals surface area contributed by atoms with Crippen molar-refractivity contribution in [2.45, 2.75) is 58.5 Å². The molecule has 1 fully saturated rings. The predicted octanol–water partition coefficient (Wildman–Crippen LogP) is 6.71. The third kappa shape index (κ3) is 6.52. The molecule has 1 aliphatic carbocycles. The van der Waals surface area contributed by atoms with E-state index in [1.807, 2.05) is 13.0 Å². The minimum atomic E-state index is -4.69. The second-order valence-electron chi connectivity index (χ2n) is 10.6. The highest BCUT2D eigenvalue weighted by atomic mass is 35.5. The SMILES string of the molecule is CN=C(C)c1cnc(CN2CCc3cc(C(F)(F)F)c(OCc4ccc(Cl)cc4F)nc3C2)c(CC2(C#N)CC2)c1. The topological polar surface area (TPSA) is 74.4 Å². The summed E-state index contributed by atoms with van der Waals surface area (Å²) in [6.45, 7) is 2.74. The molecule has 0 saturated heterocycles. The second kappa shape index (κ2) is 11.4. The monoisotopic (exact) mass is 585 g/mol. The smallest absolute Gasteiger partial charge is 0.421 e. The van der Waals surface area contributed by atoms with Gasteiger partial charge in [0.25, 0.3) is 0 Å². The molecule has 2 aliphatic rings. The van der Waals surface area contributed by atoms with Gasteiger partial charge in [-0.1, -0.05) is 17.7 Å². The van der Waals surface area contributed by atoms with E-state index < -0.39 is 30.0 Å². The zero-order chi connectivity index (χ0) is 29.4. The van der Waals surface area contributed by atoms with Crippen molar-refractivity contribution in [2.75, 3.05) is 13.6 Å². The lowest BCUT2D eigenvalue weighted by Crippen LogP contribution is -2.32. The Bertz CT molecular complexity index is 1550. The Kier molecular flexibility index (Phi) is 8.04. The molecule has 0 bridgehead atoms. The van der Waals surface area contributed by atoms with E-state index in [1.165, 1.54) is 12.1 Å². The van der Waals surface area contributed by atoms with E-state index in [-0.39, 0.29) is 16.0 Å². The standard InChI is InChI=1S/C30H28ClF4N5O/c1-18(37-2)22-9-21(12-29(17-36)6-7-29)26(38-13-22)14-40-8-5-19-10-24(30(33,34)35)28(39-27(19)15-40)41-16-20-3-4-23(31)11-25(20)32/h3-4,9-11,13H,5-8,12,14-16H2,1-2H3. The average molecular weight is 586 g/mol. The molecule has 0 unspecified atom stereocenters. The van der Waals surface area contributed by atoms with Crippen molar-refractivity contribution in [1.29, 1.82) is 5.26 Å². The van der Waals surface area contributed by atoms with Crippen LogP contribution in [-0.4, -0.2) is 34.2 Å². The molecular formula is C30H28ClF4N5O. The number of rotatable bonds is 8. The number of aliphatic imine (C=N–C) groups is 1. The zero-order valence-corrected chi connectivity index (χ0v) is 23.4. The maximum absolute atomic E-state index is 14.2. The summed E-state index contributed by atoms with van der Waals surface area (Å²) in [7, 11) is 1.72. The number of pyridine rings is 2. The van der Waals surface area contributed by atoms with Gasteiger partial charge in [-0.3, -0.25) is 14.9 Å². The van der Waals surface area contributed by atoms with Crippen molar-refractivity contribution >= 4 is 17.3 Å². The van der Waals surface area contributed by atoms with Gasteiger partial charge in [0.1, 0.15) is 18.0 Å². The number of benzene rings is 1. The summed E-state index contributed by atoms with van der Waals surface area (Å²) in [5.41, 5.74) is 3.22. The number of alkyl halides is 3. The Morgan fingerprint density at radius 1 is 1.22 bits per heavy atom. The van der Waals surface area contributed by atoms with Crippen LogP contribution in [0.5, 0.6) is 5.88 Å². The van der Waals surface area contributed by atoms with Crippen molar-refractivity contribution in [1.82, 2.24) is 14.9 Å². The minimum Gasteiger partial charge on any atom is -0.472 e. The Morgan fingerprint density at radius 3 is 2.66 bits per heavy atom. The summed E-state index contributed by atoms with van der Waals surface area (Å²) in [6.07, 6.45) is -0.269. The van der Waals surface area contributed by atoms with Gasteiger partial charge >= 0.3 is 6.18 Å². The van der Waals surface area contributed by atoms with Crippen molar-refractivity contribution < 1.29 is 22.3 Å². The maximum Gasteiger partial charge on any atom is 0.421 e. The summed E-state index contributed by atoms with van der Waals surface area (Å²) < 4.78 is 61.4. The van der Waals surface area contributed by atoms with Crippen LogP contribution in [0.25, 0.3) is 0 Å². The molecule has 0 amide bonds. The third-order valence-electron chi connectivity index (χ3n) is 7.72. The molecule has 214 valence electrons. The molecule has 0 radical (unpaired) electrons. The van der Waals surface area contributed by atoms with Crippen LogP contribution in [-0.2, 0) is 38.7 Å². The number of ether oxygens (including phenoxy) is 1. The number of aromatic nitrogens is 2. The fourth-order valence-corrected chi connectivity index (χ4v) is 5.10. The molecule has 41 heavy (non-hydrogen) atoms. The first kappa shape index (κ1) is 29.0. The number of hydrogen-bond donors (Lipinski definition) is 0. The molecule has 1 aliphatic heterocycles. The molecule has 3 aromatic rings. The lowest BCUT2D eigenvalue weighted by Gasteiger charge is -2.29. The number of halogens is 5. The van der Waals surface area contributed by atoms with E-state index >= 15 is 0 Å². The molecule has 5 rings (SSSR count). The van der Waals surface area contributed by atoms with E-state index in [4.69, 9.17) is 21.3 Å². The van der Waals surface area contributed by atoms with Gasteiger partial charge in [0.15, 0.2) is 0 Å². The van der Waals surface area contributed by atoms with E-state index in [1.54, 1.807) is 13.2 Å². The highest BCUT2D eigenvalue weighted by molar-refractivity contribution is 6.30. The molecule has 1 aromatic carbocycles. The van der Waals surface area contributed by atoms with Crippen LogP contribution in [0, 0.1) is 22.6 Å². The van der Waals surface area contributed by atoms with Gasteiger partial charge in [-0.15, -0.1) is 0 Å². The normalized spacial score (nSPS) is 16.7. The van der Waals surface area contributed by atoms with Gasteiger partial charge in [-0.25, -0.2) is 9.37 Å². The summed E-state index contributed by atoms with van der Waals surface area (Å²) in [6, 6.07) is 9.46. The Balaban J connectivity index is 1.39.